The van der Waals surface area contributed by atoms with Crippen molar-refractivity contribution in [2.75, 3.05) is 75.1 Å². The first kappa shape index (κ1) is 28.8. The molecule has 0 unspecified atom stereocenters. The third-order valence-electron chi connectivity index (χ3n) is 7.52. The predicted molar refractivity (Wildman–Crippen MR) is 166 cm³/mol. The van der Waals surface area contributed by atoms with E-state index < -0.39 is 0 Å². The Morgan fingerprint density at radius 2 is 1.71 bits per heavy atom. The number of fused-ring (bicyclic) bond motifs is 1. The molecule has 214 valence electrons. The molecule has 0 bridgehead atoms. The summed E-state index contributed by atoms with van der Waals surface area (Å²) < 4.78 is 5.46. The minimum atomic E-state index is -0.189. The van der Waals surface area contributed by atoms with Crippen LogP contribution in [0.25, 0.3) is 11.3 Å². The number of rotatable bonds is 10. The summed E-state index contributed by atoms with van der Waals surface area (Å²) in [5, 5.41) is 6.96. The molecule has 2 N–H and O–H groups in total. The van der Waals surface area contributed by atoms with E-state index in [0.717, 1.165) is 68.4 Å². The number of nitrogens with one attached hydrogen (secondary N) is 2. The normalized spacial score (nSPS) is 16.7. The summed E-state index contributed by atoms with van der Waals surface area (Å²) in [7, 11) is 1.81. The first-order valence-electron chi connectivity index (χ1n) is 14.0. The zero-order chi connectivity index (χ0) is 28.8. The fraction of sp³-hybridized carbons (Fsp3) is 0.312. The minimum absolute atomic E-state index is 0.0541. The molecule has 3 aromatic rings. The molecule has 1 fully saturated rings. The van der Waals surface area contributed by atoms with Gasteiger partial charge >= 0.3 is 0 Å². The van der Waals surface area contributed by atoms with Crippen LogP contribution in [0, 0.1) is 0 Å². The van der Waals surface area contributed by atoms with Crippen molar-refractivity contribution in [2.45, 2.75) is 6.92 Å². The summed E-state index contributed by atoms with van der Waals surface area (Å²) in [6, 6.07) is 22.9. The van der Waals surface area contributed by atoms with Crippen LogP contribution in [0.5, 0.6) is 0 Å². The van der Waals surface area contributed by atoms with Gasteiger partial charge in [-0.25, -0.2) is 0 Å². The first-order valence-corrected chi connectivity index (χ1v) is 14.4. The van der Waals surface area contributed by atoms with Crippen molar-refractivity contribution in [3.05, 3.63) is 88.9 Å². The maximum atomic E-state index is 13.1. The molecule has 41 heavy (non-hydrogen) atoms. The van der Waals surface area contributed by atoms with E-state index in [9.17, 15) is 9.59 Å². The molecule has 2 heterocycles. The Balaban J connectivity index is 1.27. The lowest BCUT2D eigenvalue weighted by Gasteiger charge is -2.34. The second-order valence-electron chi connectivity index (χ2n) is 10.2. The summed E-state index contributed by atoms with van der Waals surface area (Å²) in [6.45, 7) is 8.45. The first-order chi connectivity index (χ1) is 19.9. The van der Waals surface area contributed by atoms with Crippen LogP contribution in [-0.2, 0) is 14.3 Å². The highest BCUT2D eigenvalue weighted by atomic mass is 35.5. The van der Waals surface area contributed by atoms with Gasteiger partial charge in [-0.15, -0.1) is 0 Å². The van der Waals surface area contributed by atoms with E-state index >= 15 is 0 Å². The van der Waals surface area contributed by atoms with Gasteiger partial charge in [-0.3, -0.25) is 19.4 Å². The molecule has 0 aliphatic carbocycles. The van der Waals surface area contributed by atoms with Gasteiger partial charge in [-0.05, 0) is 48.9 Å². The number of nitrogens with zero attached hydrogens (tertiary/aromatic N) is 3. The highest BCUT2D eigenvalue weighted by Gasteiger charge is 2.28. The van der Waals surface area contributed by atoms with Gasteiger partial charge in [-0.2, -0.15) is 0 Å². The maximum absolute atomic E-state index is 13.1. The molecule has 2 aliphatic rings. The average molecular weight is 574 g/mol. The van der Waals surface area contributed by atoms with Crippen molar-refractivity contribution in [1.29, 1.82) is 0 Å². The van der Waals surface area contributed by atoms with Crippen LogP contribution in [0.4, 0.5) is 17.1 Å². The van der Waals surface area contributed by atoms with Gasteiger partial charge in [-0.1, -0.05) is 48.0 Å². The van der Waals surface area contributed by atoms with Gasteiger partial charge in [0, 0.05) is 68.3 Å². The Hall–Kier alpha value is -3.69. The van der Waals surface area contributed by atoms with Gasteiger partial charge in [0.1, 0.15) is 0 Å². The lowest BCUT2D eigenvalue weighted by atomic mass is 10.00. The second kappa shape index (κ2) is 13.3. The molecular weight excluding hydrogens is 538 g/mol. The van der Waals surface area contributed by atoms with Crippen molar-refractivity contribution in [1.82, 2.24) is 9.80 Å². The Morgan fingerprint density at radius 1 is 1.00 bits per heavy atom. The van der Waals surface area contributed by atoms with Crippen LogP contribution in [0.2, 0.25) is 5.02 Å². The van der Waals surface area contributed by atoms with E-state index in [4.69, 9.17) is 16.3 Å². The Bertz CT molecular complexity index is 1400. The minimum Gasteiger partial charge on any atom is -0.380 e. The largest absolute Gasteiger partial charge is 0.380 e. The highest BCUT2D eigenvalue weighted by Crippen LogP contribution is 2.38. The highest BCUT2D eigenvalue weighted by molar-refractivity contribution is 6.38. The number of piperazine rings is 1. The van der Waals surface area contributed by atoms with E-state index in [1.807, 2.05) is 74.6 Å². The summed E-state index contributed by atoms with van der Waals surface area (Å²) in [4.78, 5) is 32.5. The molecule has 0 aromatic heterocycles. The Morgan fingerprint density at radius 3 is 2.41 bits per heavy atom. The number of carbonyl (C=O) groups excluding carboxylic acids is 2. The van der Waals surface area contributed by atoms with Crippen molar-refractivity contribution >= 4 is 51.7 Å². The van der Waals surface area contributed by atoms with E-state index in [1.165, 1.54) is 0 Å². The molecule has 5 rings (SSSR count). The molecule has 2 amide bonds. The number of carbonyl (C=O) groups is 2. The van der Waals surface area contributed by atoms with Gasteiger partial charge < -0.3 is 20.3 Å². The van der Waals surface area contributed by atoms with Crippen molar-refractivity contribution in [3.63, 3.8) is 0 Å². The molecule has 0 atom stereocenters. The molecule has 3 aromatic carbocycles. The number of amides is 2. The number of hydrogen-bond acceptors (Lipinski definition) is 6. The van der Waals surface area contributed by atoms with E-state index in [0.29, 0.717) is 28.5 Å². The summed E-state index contributed by atoms with van der Waals surface area (Å²) in [5.41, 5.74) is 5.23. The number of anilines is 3. The summed E-state index contributed by atoms with van der Waals surface area (Å²) >= 11 is 6.17. The van der Waals surface area contributed by atoms with Crippen molar-refractivity contribution in [2.24, 2.45) is 0 Å². The molecule has 0 spiro atoms. The molecule has 2 aliphatic heterocycles. The number of hydrogen-bond donors (Lipinski definition) is 2. The zero-order valence-corrected chi connectivity index (χ0v) is 24.3. The topological polar surface area (TPSA) is 77.2 Å². The van der Waals surface area contributed by atoms with Gasteiger partial charge in [0.25, 0.3) is 5.91 Å². The SMILES string of the molecule is CCOCCN1CCN(CC(=O)N(C)c2ccc(NC(=C3C(=O)Nc4cc(Cl)ccc43)c3ccccc3)cc2)CC1. The van der Waals surface area contributed by atoms with Gasteiger partial charge in [0.2, 0.25) is 5.91 Å². The molecule has 1 saturated heterocycles. The van der Waals surface area contributed by atoms with E-state index in [2.05, 4.69) is 20.4 Å². The third-order valence-corrected chi connectivity index (χ3v) is 7.75. The Labute approximate surface area is 246 Å². The smallest absolute Gasteiger partial charge is 0.258 e. The molecule has 9 heteroatoms. The van der Waals surface area contributed by atoms with Crippen molar-refractivity contribution in [3.8, 4) is 0 Å². The lowest BCUT2D eigenvalue weighted by molar-refractivity contribution is -0.120. The number of halogens is 1. The van der Waals surface area contributed by atoms with E-state index in [1.54, 1.807) is 17.0 Å². The molecule has 0 radical (unpaired) electrons. The average Bonchev–Trinajstić information content (AvgIpc) is 3.31. The standard InChI is InChI=1S/C32H36ClN5O3/c1-3-41-20-19-37-15-17-38(18-16-37)22-29(39)36(2)26-12-10-25(11-13-26)34-31(23-7-5-4-6-8-23)30-27-14-9-24(33)21-28(27)35-32(30)40/h4-14,21,34H,3,15-20,22H2,1-2H3,(H,35,40). The van der Waals surface area contributed by atoms with Crippen LogP contribution in [0.1, 0.15) is 18.1 Å². The zero-order valence-electron chi connectivity index (χ0n) is 23.5. The van der Waals surface area contributed by atoms with E-state index in [-0.39, 0.29) is 11.8 Å². The number of likely N-dealkylation sites (N-methyl/N-ethyl adjacent to an activating group) is 1. The fourth-order valence-electron chi connectivity index (χ4n) is 5.14. The van der Waals surface area contributed by atoms with Gasteiger partial charge in [0.15, 0.2) is 0 Å². The number of benzene rings is 3. The lowest BCUT2D eigenvalue weighted by Crippen LogP contribution is -2.50. The monoisotopic (exact) mass is 573 g/mol. The molecule has 0 saturated carbocycles. The second-order valence-corrected chi connectivity index (χ2v) is 10.6. The third kappa shape index (κ3) is 6.97. The van der Waals surface area contributed by atoms with Gasteiger partial charge in [0.05, 0.1) is 30.1 Å². The predicted octanol–water partition coefficient (Wildman–Crippen LogP) is 4.89. The fourth-order valence-corrected chi connectivity index (χ4v) is 5.31. The maximum Gasteiger partial charge on any atom is 0.258 e. The van der Waals surface area contributed by atoms with Crippen LogP contribution < -0.4 is 15.5 Å². The van der Waals surface area contributed by atoms with Crippen molar-refractivity contribution < 1.29 is 14.3 Å². The number of ether oxygens (including phenoxy) is 1. The summed E-state index contributed by atoms with van der Waals surface area (Å²) in [5.74, 6) is -0.135. The summed E-state index contributed by atoms with van der Waals surface area (Å²) in [6.07, 6.45) is 0. The molecule has 8 nitrogen and oxygen atoms in total. The molecular formula is C32H36ClN5O3. The van der Waals surface area contributed by atoms with Crippen LogP contribution in [0.15, 0.2) is 72.8 Å². The Kier molecular flexibility index (Phi) is 9.36. The van der Waals surface area contributed by atoms with Crippen LogP contribution >= 0.6 is 11.6 Å². The van der Waals surface area contributed by atoms with Crippen LogP contribution in [0.3, 0.4) is 0 Å². The quantitative estimate of drug-likeness (QED) is 0.266. The van der Waals surface area contributed by atoms with Crippen LogP contribution in [-0.4, -0.2) is 81.1 Å².